The molecule has 1 aromatic rings. The van der Waals surface area contributed by atoms with Crippen LogP contribution in [0, 0.1) is 12.8 Å². The minimum Gasteiger partial charge on any atom is -0.368 e. The molecule has 4 nitrogen and oxygen atoms in total. The van der Waals surface area contributed by atoms with Crippen molar-refractivity contribution >= 4 is 21.8 Å². The molecule has 3 atom stereocenters. The molecule has 90 valence electrons. The molecule has 1 aliphatic heterocycles. The number of piperidine rings is 1. The van der Waals surface area contributed by atoms with Gasteiger partial charge in [-0.05, 0) is 53.2 Å². The number of halogens is 1. The number of amides is 1. The lowest BCUT2D eigenvalue weighted by atomic mass is 10.1. The molecular weight excluding hydrogens is 282 g/mol. The fourth-order valence-corrected chi connectivity index (χ4v) is 3.26. The Morgan fingerprint density at radius 1 is 1.65 bits per heavy atom. The molecule has 2 heterocycles. The molecule has 17 heavy (non-hydrogen) atoms. The van der Waals surface area contributed by atoms with Gasteiger partial charge in [0.15, 0.2) is 0 Å². The Morgan fingerprint density at radius 2 is 2.41 bits per heavy atom. The van der Waals surface area contributed by atoms with Gasteiger partial charge in [-0.25, -0.2) is 4.98 Å². The number of aromatic nitrogens is 1. The predicted octanol–water partition coefficient (Wildman–Crippen LogP) is 1.21. The Balaban J connectivity index is 1.96. The number of pyridine rings is 1. The second-order valence-electron chi connectivity index (χ2n) is 5.01. The van der Waals surface area contributed by atoms with E-state index in [1.165, 1.54) is 0 Å². The number of carbonyl (C=O) groups is 1. The molecule has 1 saturated heterocycles. The number of primary amides is 1. The van der Waals surface area contributed by atoms with Gasteiger partial charge < -0.3 is 5.73 Å². The molecule has 5 heteroatoms. The third kappa shape index (κ3) is 1.60. The SMILES string of the molecule is Cc1ccc(Br)nc1C12CC1CC(C(N)=O)N2. The summed E-state index contributed by atoms with van der Waals surface area (Å²) in [7, 11) is 0. The van der Waals surface area contributed by atoms with Crippen molar-refractivity contribution in [2.75, 3.05) is 0 Å². The van der Waals surface area contributed by atoms with Gasteiger partial charge in [0.1, 0.15) is 4.60 Å². The highest BCUT2D eigenvalue weighted by atomic mass is 79.9. The topological polar surface area (TPSA) is 68.0 Å². The number of rotatable bonds is 2. The first kappa shape index (κ1) is 11.2. The smallest absolute Gasteiger partial charge is 0.234 e. The summed E-state index contributed by atoms with van der Waals surface area (Å²) in [5.74, 6) is 0.240. The van der Waals surface area contributed by atoms with Crippen LogP contribution in [0.25, 0.3) is 0 Å². The molecule has 0 aromatic carbocycles. The van der Waals surface area contributed by atoms with Crippen LogP contribution in [0.5, 0.6) is 0 Å². The maximum Gasteiger partial charge on any atom is 0.234 e. The van der Waals surface area contributed by atoms with E-state index in [2.05, 4.69) is 39.2 Å². The third-order valence-electron chi connectivity index (χ3n) is 3.89. The quantitative estimate of drug-likeness (QED) is 0.806. The largest absolute Gasteiger partial charge is 0.368 e. The molecule has 3 N–H and O–H groups in total. The Labute approximate surface area is 108 Å². The molecule has 1 amide bonds. The van der Waals surface area contributed by atoms with Gasteiger partial charge in [-0.3, -0.25) is 10.1 Å². The number of nitrogens with zero attached hydrogens (tertiary/aromatic N) is 1. The molecule has 2 aliphatic rings. The van der Waals surface area contributed by atoms with Crippen molar-refractivity contribution in [2.45, 2.75) is 31.3 Å². The van der Waals surface area contributed by atoms with Gasteiger partial charge in [0, 0.05) is 0 Å². The zero-order valence-corrected chi connectivity index (χ0v) is 11.1. The zero-order chi connectivity index (χ0) is 12.2. The molecule has 0 spiro atoms. The highest BCUT2D eigenvalue weighted by Crippen LogP contribution is 2.58. The van der Waals surface area contributed by atoms with E-state index < -0.39 is 0 Å². The minimum absolute atomic E-state index is 0.104. The summed E-state index contributed by atoms with van der Waals surface area (Å²) < 4.78 is 0.836. The van der Waals surface area contributed by atoms with Crippen molar-refractivity contribution in [1.29, 1.82) is 0 Å². The predicted molar refractivity (Wildman–Crippen MR) is 67.2 cm³/mol. The van der Waals surface area contributed by atoms with Crippen LogP contribution in [0.4, 0.5) is 0 Å². The Morgan fingerprint density at radius 3 is 3.06 bits per heavy atom. The summed E-state index contributed by atoms with van der Waals surface area (Å²) >= 11 is 3.40. The van der Waals surface area contributed by atoms with Crippen LogP contribution in [0.2, 0.25) is 0 Å². The lowest BCUT2D eigenvalue weighted by Crippen LogP contribution is -2.42. The Hall–Kier alpha value is -0.940. The highest BCUT2D eigenvalue weighted by molar-refractivity contribution is 9.10. The maximum absolute atomic E-state index is 11.2. The average molecular weight is 296 g/mol. The van der Waals surface area contributed by atoms with Crippen LogP contribution < -0.4 is 11.1 Å². The van der Waals surface area contributed by atoms with Crippen LogP contribution in [0.15, 0.2) is 16.7 Å². The lowest BCUT2D eigenvalue weighted by molar-refractivity contribution is -0.120. The van der Waals surface area contributed by atoms with Gasteiger partial charge in [0.05, 0.1) is 17.3 Å². The van der Waals surface area contributed by atoms with Crippen molar-refractivity contribution < 1.29 is 4.79 Å². The average Bonchev–Trinajstić information content (AvgIpc) is 2.85. The lowest BCUT2D eigenvalue weighted by Gasteiger charge is -2.18. The van der Waals surface area contributed by atoms with E-state index in [0.29, 0.717) is 5.92 Å². The van der Waals surface area contributed by atoms with Crippen LogP contribution in [-0.2, 0) is 10.3 Å². The standard InChI is InChI=1S/C12H14BrN3O/c1-6-2-3-9(13)15-10(6)12-5-7(12)4-8(16-12)11(14)17/h2-3,7-8,16H,4-5H2,1H3,(H2,14,17). The summed E-state index contributed by atoms with van der Waals surface area (Å²) in [6.45, 7) is 2.05. The molecule has 3 unspecified atom stereocenters. The van der Waals surface area contributed by atoms with Crippen molar-refractivity contribution in [1.82, 2.24) is 10.3 Å². The molecule has 0 radical (unpaired) electrons. The summed E-state index contributed by atoms with van der Waals surface area (Å²) in [6.07, 6.45) is 1.89. The number of carbonyl (C=O) groups excluding carboxylic acids is 1. The Bertz CT molecular complexity index is 505. The van der Waals surface area contributed by atoms with Crippen molar-refractivity contribution in [3.8, 4) is 0 Å². The molecule has 0 bridgehead atoms. The monoisotopic (exact) mass is 295 g/mol. The first-order valence-corrected chi connectivity index (χ1v) is 6.53. The van der Waals surface area contributed by atoms with Crippen LogP contribution >= 0.6 is 15.9 Å². The number of nitrogens with one attached hydrogen (secondary N) is 1. The van der Waals surface area contributed by atoms with E-state index in [1.807, 2.05) is 6.07 Å². The fraction of sp³-hybridized carbons (Fsp3) is 0.500. The van der Waals surface area contributed by atoms with E-state index in [0.717, 1.165) is 28.7 Å². The molecule has 1 saturated carbocycles. The molecule has 1 aromatic heterocycles. The molecule has 1 aliphatic carbocycles. The van der Waals surface area contributed by atoms with Crippen LogP contribution in [-0.4, -0.2) is 16.9 Å². The summed E-state index contributed by atoms with van der Waals surface area (Å²) in [5, 5.41) is 3.37. The fourth-order valence-electron chi connectivity index (χ4n) is 2.95. The van der Waals surface area contributed by atoms with E-state index >= 15 is 0 Å². The van der Waals surface area contributed by atoms with Gasteiger partial charge >= 0.3 is 0 Å². The van der Waals surface area contributed by atoms with Gasteiger partial charge in [-0.15, -0.1) is 0 Å². The zero-order valence-electron chi connectivity index (χ0n) is 9.53. The van der Waals surface area contributed by atoms with E-state index in [-0.39, 0.29) is 17.5 Å². The second kappa shape index (κ2) is 3.53. The van der Waals surface area contributed by atoms with E-state index in [9.17, 15) is 4.79 Å². The van der Waals surface area contributed by atoms with E-state index in [1.54, 1.807) is 0 Å². The van der Waals surface area contributed by atoms with Crippen molar-refractivity contribution in [2.24, 2.45) is 11.7 Å². The number of fused-ring (bicyclic) bond motifs is 1. The van der Waals surface area contributed by atoms with Gasteiger partial charge in [-0.1, -0.05) is 6.07 Å². The minimum atomic E-state index is -0.260. The first-order valence-electron chi connectivity index (χ1n) is 5.73. The maximum atomic E-state index is 11.2. The Kier molecular flexibility index (Phi) is 2.32. The molecular formula is C12H14BrN3O. The summed E-state index contributed by atoms with van der Waals surface area (Å²) in [6, 6.07) is 3.79. The van der Waals surface area contributed by atoms with Gasteiger partial charge in [0.2, 0.25) is 5.91 Å². The highest BCUT2D eigenvalue weighted by Gasteiger charge is 2.63. The molecule has 2 fully saturated rings. The number of hydrogen-bond acceptors (Lipinski definition) is 3. The first-order chi connectivity index (χ1) is 8.03. The van der Waals surface area contributed by atoms with Gasteiger partial charge in [-0.2, -0.15) is 0 Å². The second-order valence-corrected chi connectivity index (χ2v) is 5.82. The van der Waals surface area contributed by atoms with Crippen LogP contribution in [0.1, 0.15) is 24.1 Å². The number of aryl methyl sites for hydroxylation is 1. The summed E-state index contributed by atoms with van der Waals surface area (Å²) in [5.41, 5.74) is 7.47. The van der Waals surface area contributed by atoms with Crippen molar-refractivity contribution in [3.63, 3.8) is 0 Å². The number of hydrogen-bond donors (Lipinski definition) is 2. The van der Waals surface area contributed by atoms with Crippen LogP contribution in [0.3, 0.4) is 0 Å². The molecule has 3 rings (SSSR count). The summed E-state index contributed by atoms with van der Waals surface area (Å²) in [4.78, 5) is 15.8. The van der Waals surface area contributed by atoms with Crippen molar-refractivity contribution in [3.05, 3.63) is 28.0 Å². The van der Waals surface area contributed by atoms with Gasteiger partial charge in [0.25, 0.3) is 0 Å². The normalized spacial score (nSPS) is 34.5. The van der Waals surface area contributed by atoms with E-state index in [4.69, 9.17) is 5.73 Å². The third-order valence-corrected chi connectivity index (χ3v) is 4.33. The number of nitrogens with two attached hydrogens (primary N) is 1.